The largest absolute Gasteiger partial charge is 0.396 e. The van der Waals surface area contributed by atoms with Gasteiger partial charge in [-0.15, -0.1) is 0 Å². The summed E-state index contributed by atoms with van der Waals surface area (Å²) in [6.45, 7) is 2.39. The van der Waals surface area contributed by atoms with E-state index in [0.29, 0.717) is 49.5 Å². The van der Waals surface area contributed by atoms with E-state index < -0.39 is 11.5 Å². The van der Waals surface area contributed by atoms with Gasteiger partial charge in [0.2, 0.25) is 0 Å². The van der Waals surface area contributed by atoms with Crippen LogP contribution in [0, 0.1) is 5.41 Å². The van der Waals surface area contributed by atoms with E-state index in [0.717, 1.165) is 17.6 Å². The van der Waals surface area contributed by atoms with Gasteiger partial charge in [0.1, 0.15) is 0 Å². The highest BCUT2D eigenvalue weighted by molar-refractivity contribution is 6.31. The molecule has 1 aromatic heterocycles. The lowest BCUT2D eigenvalue weighted by molar-refractivity contribution is -0.0845. The number of piperidine rings is 1. The first-order valence-electron chi connectivity index (χ1n) is 9.29. The summed E-state index contributed by atoms with van der Waals surface area (Å²) in [5.74, 6) is 0. The van der Waals surface area contributed by atoms with Crippen LogP contribution in [0.5, 0.6) is 0 Å². The molecule has 2 aromatic rings. The van der Waals surface area contributed by atoms with Gasteiger partial charge < -0.3 is 19.9 Å². The van der Waals surface area contributed by atoms with Crippen molar-refractivity contribution in [2.75, 3.05) is 33.4 Å². The van der Waals surface area contributed by atoms with E-state index in [4.69, 9.17) is 16.3 Å². The second-order valence-corrected chi connectivity index (χ2v) is 7.92. The summed E-state index contributed by atoms with van der Waals surface area (Å²) in [5.41, 5.74) is 0.954. The van der Waals surface area contributed by atoms with Crippen molar-refractivity contribution >= 4 is 22.5 Å². The Morgan fingerprint density at radius 1 is 1.41 bits per heavy atom. The second kappa shape index (κ2) is 8.71. The number of hydrogen-bond donors (Lipinski definition) is 3. The number of aliphatic hydroxyl groups is 2. The van der Waals surface area contributed by atoms with Crippen LogP contribution in [0.1, 0.15) is 25.0 Å². The minimum atomic E-state index is -0.554. The summed E-state index contributed by atoms with van der Waals surface area (Å²) in [6.07, 6.45) is 1.55. The number of halogens is 1. The molecule has 6 nitrogen and oxygen atoms in total. The molecule has 1 aliphatic heterocycles. The van der Waals surface area contributed by atoms with Gasteiger partial charge in [-0.2, -0.15) is 0 Å². The third-order valence-corrected chi connectivity index (χ3v) is 5.78. The smallest absolute Gasteiger partial charge is 0.189 e. The van der Waals surface area contributed by atoms with Crippen LogP contribution >= 0.6 is 11.6 Å². The van der Waals surface area contributed by atoms with Gasteiger partial charge in [-0.3, -0.25) is 9.69 Å². The Hall–Kier alpha value is -1.44. The molecule has 0 saturated carbocycles. The van der Waals surface area contributed by atoms with Crippen LogP contribution in [0.3, 0.4) is 0 Å². The SMILES string of the molecule is COCCC[C@@]1(CO)CN(Cc2cc(=O)c3cc(Cl)ccc3[nH]2)CC[C@H]1O. The standard InChI is InChI=1S/C20H27ClN2O4/c1-27-8-2-6-20(13-24)12-23(7-5-19(20)26)11-15-10-18(25)16-9-14(21)3-4-17(16)22-15/h3-4,9-10,19,24,26H,2,5-8,11-13H2,1H3,(H,22,25)/t19-,20+/m1/s1. The maximum atomic E-state index is 12.4. The van der Waals surface area contributed by atoms with Crippen molar-refractivity contribution in [2.24, 2.45) is 5.41 Å². The number of rotatable bonds is 7. The van der Waals surface area contributed by atoms with Crippen molar-refractivity contribution in [3.05, 3.63) is 45.2 Å². The molecule has 2 heterocycles. The van der Waals surface area contributed by atoms with Crippen LogP contribution in [0.2, 0.25) is 5.02 Å². The molecule has 2 atom stereocenters. The van der Waals surface area contributed by atoms with Crippen LogP contribution in [-0.4, -0.2) is 59.6 Å². The van der Waals surface area contributed by atoms with Crippen molar-refractivity contribution in [2.45, 2.75) is 31.9 Å². The molecule has 0 aliphatic carbocycles. The number of likely N-dealkylation sites (tertiary alicyclic amines) is 1. The third kappa shape index (κ3) is 4.52. The number of aliphatic hydroxyl groups excluding tert-OH is 2. The molecule has 1 aromatic carbocycles. The molecule has 0 amide bonds. The Bertz CT molecular complexity index is 840. The number of fused-ring (bicyclic) bond motifs is 1. The summed E-state index contributed by atoms with van der Waals surface area (Å²) in [5, 5.41) is 21.6. The maximum Gasteiger partial charge on any atom is 0.189 e. The fourth-order valence-electron chi connectivity index (χ4n) is 4.02. The number of aromatic nitrogens is 1. The fraction of sp³-hybridized carbons (Fsp3) is 0.550. The first-order valence-corrected chi connectivity index (χ1v) is 9.67. The number of benzene rings is 1. The quantitative estimate of drug-likeness (QED) is 0.626. The average Bonchev–Trinajstić information content (AvgIpc) is 2.65. The number of hydrogen-bond acceptors (Lipinski definition) is 5. The number of ether oxygens (including phenoxy) is 1. The lowest BCUT2D eigenvalue weighted by Crippen LogP contribution is -2.53. The normalized spacial score (nSPS) is 23.8. The van der Waals surface area contributed by atoms with Gasteiger partial charge in [-0.1, -0.05) is 11.6 Å². The Balaban J connectivity index is 1.78. The zero-order valence-electron chi connectivity index (χ0n) is 15.6. The van der Waals surface area contributed by atoms with Crippen LogP contribution < -0.4 is 5.43 Å². The number of nitrogens with zero attached hydrogens (tertiary/aromatic N) is 1. The molecule has 1 saturated heterocycles. The maximum absolute atomic E-state index is 12.4. The summed E-state index contributed by atoms with van der Waals surface area (Å²) in [7, 11) is 1.65. The minimum absolute atomic E-state index is 0.0631. The first-order chi connectivity index (χ1) is 13.0. The molecule has 148 valence electrons. The lowest BCUT2D eigenvalue weighted by atomic mass is 9.74. The van der Waals surface area contributed by atoms with E-state index in [1.165, 1.54) is 0 Å². The highest BCUT2D eigenvalue weighted by Crippen LogP contribution is 2.35. The van der Waals surface area contributed by atoms with Gasteiger partial charge in [0, 0.05) is 66.5 Å². The van der Waals surface area contributed by atoms with Gasteiger partial charge in [0.15, 0.2) is 5.43 Å². The molecular weight excluding hydrogens is 368 g/mol. The Morgan fingerprint density at radius 3 is 2.96 bits per heavy atom. The Labute approximate surface area is 163 Å². The number of methoxy groups -OCH3 is 1. The molecule has 1 aliphatic rings. The van der Waals surface area contributed by atoms with Crippen LogP contribution in [-0.2, 0) is 11.3 Å². The van der Waals surface area contributed by atoms with Crippen molar-refractivity contribution in [1.29, 1.82) is 0 Å². The topological polar surface area (TPSA) is 85.8 Å². The number of aromatic amines is 1. The van der Waals surface area contributed by atoms with E-state index >= 15 is 0 Å². The number of pyridine rings is 1. The minimum Gasteiger partial charge on any atom is -0.396 e. The Morgan fingerprint density at radius 2 is 2.22 bits per heavy atom. The summed E-state index contributed by atoms with van der Waals surface area (Å²) < 4.78 is 5.12. The molecule has 7 heteroatoms. The van der Waals surface area contributed by atoms with E-state index in [-0.39, 0.29) is 12.0 Å². The van der Waals surface area contributed by atoms with Crippen LogP contribution in [0.25, 0.3) is 10.9 Å². The van der Waals surface area contributed by atoms with E-state index in [9.17, 15) is 15.0 Å². The summed E-state index contributed by atoms with van der Waals surface area (Å²) in [4.78, 5) is 17.9. The zero-order chi connectivity index (χ0) is 19.4. The first kappa shape index (κ1) is 20.3. The molecule has 1 fully saturated rings. The molecular formula is C20H27ClN2O4. The van der Waals surface area contributed by atoms with E-state index in [1.807, 2.05) is 6.07 Å². The van der Waals surface area contributed by atoms with Gasteiger partial charge in [-0.25, -0.2) is 0 Å². The monoisotopic (exact) mass is 394 g/mol. The van der Waals surface area contributed by atoms with Crippen LogP contribution in [0.15, 0.2) is 29.1 Å². The van der Waals surface area contributed by atoms with Crippen molar-refractivity contribution in [1.82, 2.24) is 9.88 Å². The fourth-order valence-corrected chi connectivity index (χ4v) is 4.20. The molecule has 3 N–H and O–H groups in total. The third-order valence-electron chi connectivity index (χ3n) is 5.54. The lowest BCUT2D eigenvalue weighted by Gasteiger charge is -2.45. The predicted molar refractivity (Wildman–Crippen MR) is 106 cm³/mol. The highest BCUT2D eigenvalue weighted by atomic mass is 35.5. The van der Waals surface area contributed by atoms with Crippen molar-refractivity contribution in [3.63, 3.8) is 0 Å². The Kier molecular flexibility index (Phi) is 6.55. The molecule has 0 radical (unpaired) electrons. The van der Waals surface area contributed by atoms with Gasteiger partial charge >= 0.3 is 0 Å². The summed E-state index contributed by atoms with van der Waals surface area (Å²) in [6, 6.07) is 6.84. The molecule has 0 spiro atoms. The second-order valence-electron chi connectivity index (χ2n) is 7.48. The van der Waals surface area contributed by atoms with E-state index in [2.05, 4.69) is 9.88 Å². The van der Waals surface area contributed by atoms with Gasteiger partial charge in [0.05, 0.1) is 12.7 Å². The molecule has 0 unspecified atom stereocenters. The molecule has 3 rings (SSSR count). The number of nitrogens with one attached hydrogen (secondary N) is 1. The average molecular weight is 395 g/mol. The van der Waals surface area contributed by atoms with Gasteiger partial charge in [0.25, 0.3) is 0 Å². The molecule has 0 bridgehead atoms. The molecule has 27 heavy (non-hydrogen) atoms. The zero-order valence-corrected chi connectivity index (χ0v) is 16.3. The van der Waals surface area contributed by atoms with Crippen molar-refractivity contribution in [3.8, 4) is 0 Å². The van der Waals surface area contributed by atoms with Crippen molar-refractivity contribution < 1.29 is 14.9 Å². The van der Waals surface area contributed by atoms with Crippen LogP contribution in [0.4, 0.5) is 0 Å². The van der Waals surface area contributed by atoms with Gasteiger partial charge in [-0.05, 0) is 37.5 Å². The highest BCUT2D eigenvalue weighted by Gasteiger charge is 2.41. The predicted octanol–water partition coefficient (Wildman–Crippen LogP) is 2.15. The number of H-pyrrole nitrogens is 1. The van der Waals surface area contributed by atoms with E-state index in [1.54, 1.807) is 25.3 Å². The summed E-state index contributed by atoms with van der Waals surface area (Å²) >= 11 is 5.98.